The number of rotatable bonds is 2. The maximum Gasteiger partial charge on any atom is 0.167 e. The van der Waals surface area contributed by atoms with Crippen molar-refractivity contribution in [3.63, 3.8) is 0 Å². The first kappa shape index (κ1) is 11.1. The van der Waals surface area contributed by atoms with Crippen LogP contribution in [0.1, 0.15) is 5.56 Å². The molecule has 2 rings (SSSR count). The summed E-state index contributed by atoms with van der Waals surface area (Å²) in [5.74, 6) is -1.42. The summed E-state index contributed by atoms with van der Waals surface area (Å²) in [5, 5.41) is 8.53. The molecule has 0 aliphatic rings. The standard InChI is InChI=1S/C13H7F2NO/c14-11-7-13(12(15)6-9(11)8-16)17-10-4-2-1-3-5-10/h1-7H. The maximum atomic E-state index is 13.5. The number of hydrogen-bond acceptors (Lipinski definition) is 2. The molecule has 17 heavy (non-hydrogen) atoms. The van der Waals surface area contributed by atoms with Gasteiger partial charge in [0.2, 0.25) is 0 Å². The van der Waals surface area contributed by atoms with E-state index in [0.717, 1.165) is 12.1 Å². The molecule has 0 saturated carbocycles. The minimum Gasteiger partial charge on any atom is -0.454 e. The molecule has 2 aromatic rings. The fourth-order valence-electron chi connectivity index (χ4n) is 1.31. The summed E-state index contributed by atoms with van der Waals surface area (Å²) >= 11 is 0. The van der Waals surface area contributed by atoms with Crippen LogP contribution in [0.5, 0.6) is 11.5 Å². The minimum atomic E-state index is -0.806. The van der Waals surface area contributed by atoms with E-state index in [1.54, 1.807) is 36.4 Å². The van der Waals surface area contributed by atoms with Gasteiger partial charge in [-0.1, -0.05) is 18.2 Å². The number of halogens is 2. The lowest BCUT2D eigenvalue weighted by molar-refractivity contribution is 0.436. The normalized spacial score (nSPS) is 9.71. The third-order valence-electron chi connectivity index (χ3n) is 2.11. The van der Waals surface area contributed by atoms with Gasteiger partial charge in [0, 0.05) is 6.07 Å². The van der Waals surface area contributed by atoms with Gasteiger partial charge in [-0.25, -0.2) is 8.78 Å². The largest absolute Gasteiger partial charge is 0.454 e. The van der Waals surface area contributed by atoms with Gasteiger partial charge in [-0.3, -0.25) is 0 Å². The second-order valence-electron chi connectivity index (χ2n) is 3.29. The topological polar surface area (TPSA) is 33.0 Å². The molecule has 0 amide bonds. The van der Waals surface area contributed by atoms with Crippen molar-refractivity contribution in [3.8, 4) is 17.6 Å². The van der Waals surface area contributed by atoms with Gasteiger partial charge in [0.15, 0.2) is 11.6 Å². The van der Waals surface area contributed by atoms with Gasteiger partial charge in [-0.15, -0.1) is 0 Å². The van der Waals surface area contributed by atoms with Crippen LogP contribution in [-0.4, -0.2) is 0 Å². The highest BCUT2D eigenvalue weighted by Crippen LogP contribution is 2.26. The van der Waals surface area contributed by atoms with E-state index >= 15 is 0 Å². The van der Waals surface area contributed by atoms with E-state index in [2.05, 4.69) is 0 Å². The van der Waals surface area contributed by atoms with Crippen LogP contribution >= 0.6 is 0 Å². The molecule has 84 valence electrons. The summed E-state index contributed by atoms with van der Waals surface area (Å²) in [6.07, 6.45) is 0. The highest BCUT2D eigenvalue weighted by Gasteiger charge is 2.11. The molecule has 0 N–H and O–H groups in total. The quantitative estimate of drug-likeness (QED) is 0.790. The van der Waals surface area contributed by atoms with Gasteiger partial charge >= 0.3 is 0 Å². The van der Waals surface area contributed by atoms with E-state index < -0.39 is 11.6 Å². The second-order valence-corrected chi connectivity index (χ2v) is 3.29. The molecule has 0 atom stereocenters. The minimum absolute atomic E-state index is 0.243. The van der Waals surface area contributed by atoms with Crippen LogP contribution in [0.25, 0.3) is 0 Å². The van der Waals surface area contributed by atoms with Gasteiger partial charge in [0.05, 0.1) is 5.56 Å². The van der Waals surface area contributed by atoms with Gasteiger partial charge in [0.25, 0.3) is 0 Å². The number of para-hydroxylation sites is 1. The van der Waals surface area contributed by atoms with Crippen LogP contribution in [0.4, 0.5) is 8.78 Å². The molecule has 0 aliphatic heterocycles. The first-order valence-corrected chi connectivity index (χ1v) is 4.83. The Morgan fingerprint density at radius 3 is 2.35 bits per heavy atom. The molecular formula is C13H7F2NO. The van der Waals surface area contributed by atoms with Crippen molar-refractivity contribution in [3.05, 3.63) is 59.7 Å². The van der Waals surface area contributed by atoms with Crippen molar-refractivity contribution in [2.45, 2.75) is 0 Å². The first-order valence-electron chi connectivity index (χ1n) is 4.83. The molecule has 4 heteroatoms. The molecule has 0 heterocycles. The van der Waals surface area contributed by atoms with Crippen LogP contribution in [0.15, 0.2) is 42.5 Å². The molecule has 2 nitrogen and oxygen atoms in total. The summed E-state index contributed by atoms with van der Waals surface area (Å²) in [6.45, 7) is 0. The van der Waals surface area contributed by atoms with E-state index in [4.69, 9.17) is 10.00 Å². The Balaban J connectivity index is 2.35. The predicted molar refractivity (Wildman–Crippen MR) is 57.6 cm³/mol. The zero-order chi connectivity index (χ0) is 12.3. The lowest BCUT2D eigenvalue weighted by Crippen LogP contribution is -1.92. The Morgan fingerprint density at radius 1 is 1.00 bits per heavy atom. The molecule has 0 spiro atoms. The monoisotopic (exact) mass is 231 g/mol. The molecule has 0 fully saturated rings. The van der Waals surface area contributed by atoms with Crippen LogP contribution in [-0.2, 0) is 0 Å². The molecule has 0 unspecified atom stereocenters. The van der Waals surface area contributed by atoms with E-state index in [0.29, 0.717) is 5.75 Å². The average Bonchev–Trinajstić information content (AvgIpc) is 2.34. The summed E-state index contributed by atoms with van der Waals surface area (Å²) in [4.78, 5) is 0. The van der Waals surface area contributed by atoms with Crippen LogP contribution < -0.4 is 4.74 Å². The third-order valence-corrected chi connectivity index (χ3v) is 2.11. The third kappa shape index (κ3) is 2.40. The first-order chi connectivity index (χ1) is 8.20. The predicted octanol–water partition coefficient (Wildman–Crippen LogP) is 3.63. The zero-order valence-corrected chi connectivity index (χ0v) is 8.65. The Kier molecular flexibility index (Phi) is 3.01. The fraction of sp³-hybridized carbons (Fsp3) is 0. The molecule has 2 aromatic carbocycles. The van der Waals surface area contributed by atoms with Crippen molar-refractivity contribution in [1.29, 1.82) is 5.26 Å². The SMILES string of the molecule is N#Cc1cc(F)c(Oc2ccccc2)cc1F. The highest BCUT2D eigenvalue weighted by molar-refractivity contribution is 5.39. The van der Waals surface area contributed by atoms with Crippen LogP contribution in [0, 0.1) is 23.0 Å². The van der Waals surface area contributed by atoms with Crippen molar-refractivity contribution in [2.24, 2.45) is 0 Å². The Morgan fingerprint density at radius 2 is 1.71 bits per heavy atom. The van der Waals surface area contributed by atoms with Crippen molar-refractivity contribution in [1.82, 2.24) is 0 Å². The summed E-state index contributed by atoms with van der Waals surface area (Å²) in [5.41, 5.74) is -0.345. The van der Waals surface area contributed by atoms with Gasteiger partial charge in [-0.05, 0) is 18.2 Å². The lowest BCUT2D eigenvalue weighted by Gasteiger charge is -2.07. The van der Waals surface area contributed by atoms with Crippen molar-refractivity contribution >= 4 is 0 Å². The fourth-order valence-corrected chi connectivity index (χ4v) is 1.31. The van der Waals surface area contributed by atoms with Crippen molar-refractivity contribution in [2.75, 3.05) is 0 Å². The van der Waals surface area contributed by atoms with E-state index in [1.807, 2.05) is 0 Å². The average molecular weight is 231 g/mol. The summed E-state index contributed by atoms with van der Waals surface area (Å²) in [7, 11) is 0. The molecule has 0 aliphatic carbocycles. The van der Waals surface area contributed by atoms with Gasteiger partial charge in [-0.2, -0.15) is 5.26 Å². The highest BCUT2D eigenvalue weighted by atomic mass is 19.1. The molecular weight excluding hydrogens is 224 g/mol. The summed E-state index contributed by atoms with van der Waals surface area (Å²) in [6, 6.07) is 11.7. The van der Waals surface area contributed by atoms with Gasteiger partial charge < -0.3 is 4.74 Å². The molecule has 0 aromatic heterocycles. The van der Waals surface area contributed by atoms with E-state index in [1.165, 1.54) is 0 Å². The number of nitrogens with zero attached hydrogens (tertiary/aromatic N) is 1. The number of ether oxygens (including phenoxy) is 1. The molecule has 0 radical (unpaired) electrons. The Hall–Kier alpha value is -2.41. The Bertz CT molecular complexity index is 576. The summed E-state index contributed by atoms with van der Waals surface area (Å²) < 4.78 is 31.9. The smallest absolute Gasteiger partial charge is 0.167 e. The van der Waals surface area contributed by atoms with E-state index in [-0.39, 0.29) is 11.3 Å². The van der Waals surface area contributed by atoms with Crippen molar-refractivity contribution < 1.29 is 13.5 Å². The Labute approximate surface area is 96.7 Å². The maximum absolute atomic E-state index is 13.5. The van der Waals surface area contributed by atoms with E-state index in [9.17, 15) is 8.78 Å². The zero-order valence-electron chi connectivity index (χ0n) is 8.65. The van der Waals surface area contributed by atoms with Crippen LogP contribution in [0.3, 0.4) is 0 Å². The number of hydrogen-bond donors (Lipinski definition) is 0. The number of benzene rings is 2. The van der Waals surface area contributed by atoms with Crippen LogP contribution in [0.2, 0.25) is 0 Å². The second kappa shape index (κ2) is 4.62. The molecule has 0 bridgehead atoms. The number of nitriles is 1. The lowest BCUT2D eigenvalue weighted by atomic mass is 10.2. The van der Waals surface area contributed by atoms with Gasteiger partial charge in [0.1, 0.15) is 17.6 Å². The molecule has 0 saturated heterocycles.